The van der Waals surface area contributed by atoms with Gasteiger partial charge in [-0.05, 0) is 131 Å². The van der Waals surface area contributed by atoms with Crippen molar-refractivity contribution in [3.63, 3.8) is 0 Å². The molecule has 0 radical (unpaired) electrons. The van der Waals surface area contributed by atoms with Gasteiger partial charge < -0.3 is 19.9 Å². The molecule has 0 atom stereocenters. The Morgan fingerprint density at radius 3 is 0.598 bits per heavy atom. The number of hydrogen-bond donors (Lipinski definition) is 4. The lowest BCUT2D eigenvalue weighted by Gasteiger charge is -2.07. The smallest absolute Gasteiger partial charge is 0.0737 e. The number of hydrogen-bond acceptors (Lipinski definition) is 5. The zero-order valence-corrected chi connectivity index (χ0v) is 53.0. The van der Waals surface area contributed by atoms with Gasteiger partial charge in [0.25, 0.3) is 0 Å². The molecule has 16 bridgehead atoms. The third-order valence-corrected chi connectivity index (χ3v) is 20.2. The summed E-state index contributed by atoms with van der Waals surface area (Å²) in [6.45, 7) is 0. The van der Waals surface area contributed by atoms with Crippen molar-refractivity contribution in [2.24, 2.45) is 0 Å². The second kappa shape index (κ2) is 23.0. The van der Waals surface area contributed by atoms with Crippen molar-refractivity contribution in [3.05, 3.63) is 312 Å². The van der Waals surface area contributed by atoms with Crippen molar-refractivity contribution in [3.8, 4) is 89.0 Å². The fraction of sp³-hybridized carbons (Fsp3) is 0. The van der Waals surface area contributed by atoms with E-state index in [1.54, 1.807) is 0 Å². The first-order chi connectivity index (χ1) is 48.1. The maximum atomic E-state index is 5.75. The monoisotopic (exact) mass is 1260 g/mol. The first-order valence-corrected chi connectivity index (χ1v) is 33.5. The van der Waals surface area contributed by atoms with E-state index in [4.69, 9.17) is 19.9 Å². The summed E-state index contributed by atoms with van der Waals surface area (Å²) >= 11 is 1.81. The molecule has 15 aromatic rings. The molecule has 7 aromatic heterocycles. The van der Waals surface area contributed by atoms with E-state index in [-0.39, 0.29) is 0 Å². The van der Waals surface area contributed by atoms with E-state index in [0.29, 0.717) is 0 Å². The molecule has 0 aliphatic carbocycles. The third kappa shape index (κ3) is 9.58. The van der Waals surface area contributed by atoms with Crippen molar-refractivity contribution < 1.29 is 0 Å². The Morgan fingerprint density at radius 2 is 0.381 bits per heavy atom. The molecule has 8 nitrogen and oxygen atoms in total. The molecule has 4 aliphatic heterocycles. The minimum Gasteiger partial charge on any atom is -0.354 e. The number of thiophene rings is 1. The number of nitrogens with zero attached hydrogens (tertiary/aromatic N) is 4. The summed E-state index contributed by atoms with van der Waals surface area (Å²) in [5.74, 6) is 0. The number of aromatic amines is 4. The topological polar surface area (TPSA) is 115 Å². The van der Waals surface area contributed by atoms with Crippen molar-refractivity contribution in [2.75, 3.05) is 0 Å². The summed E-state index contributed by atoms with van der Waals surface area (Å²) in [6, 6.07) is 94.7. The fourth-order valence-electron chi connectivity index (χ4n) is 14.6. The minimum atomic E-state index is 0.845. The van der Waals surface area contributed by atoms with Gasteiger partial charge >= 0.3 is 0 Å². The van der Waals surface area contributed by atoms with E-state index in [1.165, 1.54) is 0 Å². The van der Waals surface area contributed by atoms with E-state index >= 15 is 0 Å². The van der Waals surface area contributed by atoms with Gasteiger partial charge in [0.05, 0.1) is 45.6 Å². The predicted molar refractivity (Wildman–Crippen MR) is 408 cm³/mol. The van der Waals surface area contributed by atoms with Crippen LogP contribution in [0.25, 0.3) is 202 Å². The molecule has 4 aliphatic rings. The van der Waals surface area contributed by atoms with E-state index in [9.17, 15) is 0 Å². The Morgan fingerprint density at radius 1 is 0.186 bits per heavy atom. The van der Waals surface area contributed by atoms with Crippen molar-refractivity contribution >= 4 is 124 Å². The highest BCUT2D eigenvalue weighted by Gasteiger charge is 2.25. The summed E-state index contributed by atoms with van der Waals surface area (Å²) in [5.41, 5.74) is 30.9. The number of aromatic nitrogens is 8. The van der Waals surface area contributed by atoms with Gasteiger partial charge in [0.1, 0.15) is 0 Å². The lowest BCUT2D eigenvalue weighted by Crippen LogP contribution is -1.89. The summed E-state index contributed by atoms with van der Waals surface area (Å²) in [7, 11) is 0. The Kier molecular flexibility index (Phi) is 13.2. The molecule has 0 saturated carbocycles. The molecule has 11 heterocycles. The number of rotatable bonds is 8. The van der Waals surface area contributed by atoms with Crippen LogP contribution in [0.1, 0.15) is 45.6 Å². The summed E-state index contributed by atoms with van der Waals surface area (Å²) < 4.78 is 2.28. The van der Waals surface area contributed by atoms with Crippen LogP contribution < -0.4 is 0 Å². The van der Waals surface area contributed by atoms with Crippen molar-refractivity contribution in [2.45, 2.75) is 0 Å². The summed E-state index contributed by atoms with van der Waals surface area (Å²) in [4.78, 5) is 38.5. The van der Waals surface area contributed by atoms with Gasteiger partial charge in [-0.1, -0.05) is 218 Å². The van der Waals surface area contributed by atoms with Gasteiger partial charge in [0, 0.05) is 120 Å². The van der Waals surface area contributed by atoms with Crippen LogP contribution >= 0.6 is 11.3 Å². The highest BCUT2D eigenvalue weighted by molar-refractivity contribution is 7.27. The maximum Gasteiger partial charge on any atom is 0.0737 e. The van der Waals surface area contributed by atoms with E-state index in [1.807, 2.05) is 11.3 Å². The number of fused-ring (bicyclic) bond motifs is 19. The molecule has 0 amide bonds. The lowest BCUT2D eigenvalue weighted by molar-refractivity contribution is 1.31. The molecule has 4 N–H and O–H groups in total. The van der Waals surface area contributed by atoms with Crippen LogP contribution in [0.5, 0.6) is 0 Å². The molecule has 0 spiro atoms. The zero-order chi connectivity index (χ0) is 63.9. The van der Waals surface area contributed by atoms with Gasteiger partial charge in [-0.15, -0.1) is 11.3 Å². The molecule has 0 unspecified atom stereocenters. The van der Waals surface area contributed by atoms with Gasteiger partial charge in [0.2, 0.25) is 0 Å². The van der Waals surface area contributed by atoms with Crippen LogP contribution in [0.3, 0.4) is 0 Å². The quantitative estimate of drug-likeness (QED) is 0.121. The summed E-state index contributed by atoms with van der Waals surface area (Å²) in [6.07, 6.45) is 17.4. The fourth-order valence-corrected chi connectivity index (χ4v) is 16.0. The Hall–Kier alpha value is -12.8. The van der Waals surface area contributed by atoms with Gasteiger partial charge in [-0.2, -0.15) is 0 Å². The number of H-pyrrole nitrogens is 4. The van der Waals surface area contributed by atoms with Crippen LogP contribution in [-0.2, 0) is 0 Å². The molecule has 19 rings (SSSR count). The zero-order valence-electron chi connectivity index (χ0n) is 52.2. The average molecular weight is 1260 g/mol. The summed E-state index contributed by atoms with van der Waals surface area (Å²) in [5, 5.41) is 2.29. The molecule has 9 heteroatoms. The molecule has 0 fully saturated rings. The molecule has 97 heavy (non-hydrogen) atoms. The van der Waals surface area contributed by atoms with Crippen LogP contribution in [0, 0.1) is 0 Å². The van der Waals surface area contributed by atoms with Crippen LogP contribution in [-0.4, -0.2) is 39.9 Å². The highest BCUT2D eigenvalue weighted by atomic mass is 32.1. The lowest BCUT2D eigenvalue weighted by atomic mass is 9.98. The Bertz CT molecular complexity index is 5750. The molecular formula is C88H56N8S. The molecular weight excluding hydrogens is 1200 g/mol. The van der Waals surface area contributed by atoms with E-state index in [2.05, 4.69) is 335 Å². The SMILES string of the molecule is C1=Cc2nc1c(-c1ccccc1)c1ccc([nH]1)c(-c1ccccc1)c1nc(c(-c3cccc4c3sc3c(-c5c6nc(c(-c7ccccc7)c7ccc([nH]7)c(-c7ccccc7)c7nc(c(-c8ccccc8)c8ccc5[nH]8)C=C7)C=C6)cccc34)c3ccc([nH]3)c2-c2ccccc2)C=C1. The molecule has 8 aromatic carbocycles. The maximum absolute atomic E-state index is 5.75. The van der Waals surface area contributed by atoms with Crippen molar-refractivity contribution in [1.82, 2.24) is 39.9 Å². The second-order valence-electron chi connectivity index (χ2n) is 24.7. The van der Waals surface area contributed by atoms with E-state index < -0.39 is 0 Å². The van der Waals surface area contributed by atoms with Crippen molar-refractivity contribution in [1.29, 1.82) is 0 Å². The molecule has 0 saturated heterocycles. The van der Waals surface area contributed by atoms with Gasteiger partial charge in [-0.3, -0.25) is 0 Å². The number of nitrogens with one attached hydrogen (secondary N) is 4. The largest absolute Gasteiger partial charge is 0.354 e. The second-order valence-corrected chi connectivity index (χ2v) is 25.7. The predicted octanol–water partition coefficient (Wildman–Crippen LogP) is 23.3. The molecule has 454 valence electrons. The van der Waals surface area contributed by atoms with Crippen LogP contribution in [0.2, 0.25) is 0 Å². The first-order valence-electron chi connectivity index (χ1n) is 32.7. The standard InChI is InChI=1S/C88H56N8S/c1-7-21-53(22-8-1)79-63-37-41-67(89-63)81(55-25-11-3-12-26-55)71-45-49-75(93-71)85(76-50-46-72(94-76)82(56-27-13-4-14-28-56)68-42-38-64(79)90-68)61-35-19-33-59-60-34-20-36-62(88(60)97-87(59)61)86-77-51-47-73(95-77)83(57-29-15-5-16-30-57)69-43-39-65(91-69)80(54-23-9-2-10-24-54)66-40-44-70(92-66)84(58-31-17-6-18-32-58)74-48-52-78(86)96-74/h1-52,89,91,94,96H. The van der Waals surface area contributed by atoms with Gasteiger partial charge in [0.15, 0.2) is 0 Å². The normalized spacial score (nSPS) is 12.4. The minimum absolute atomic E-state index is 0.845. The Balaban J connectivity index is 0.897. The third-order valence-electron chi connectivity index (χ3n) is 18.9. The Labute approximate surface area is 562 Å². The van der Waals surface area contributed by atoms with Crippen LogP contribution in [0.4, 0.5) is 0 Å². The van der Waals surface area contributed by atoms with Crippen LogP contribution in [0.15, 0.2) is 267 Å². The van der Waals surface area contributed by atoms with Gasteiger partial charge in [-0.25, -0.2) is 19.9 Å². The number of benzene rings is 8. The average Bonchev–Trinajstić information content (AvgIpc) is 1.59. The first kappa shape index (κ1) is 55.8. The van der Waals surface area contributed by atoms with E-state index in [0.717, 1.165) is 199 Å². The highest BCUT2D eigenvalue weighted by Crippen LogP contribution is 2.48.